The molecule has 196 valence electrons. The zero-order chi connectivity index (χ0) is 26.3. The van der Waals surface area contributed by atoms with E-state index < -0.39 is 21.9 Å². The molecule has 1 aliphatic rings. The first-order chi connectivity index (χ1) is 16.8. The quantitative estimate of drug-likeness (QED) is 0.464. The molecule has 0 atom stereocenters. The Morgan fingerprint density at radius 3 is 2.36 bits per heavy atom. The van der Waals surface area contributed by atoms with E-state index in [1.54, 1.807) is 0 Å². The molecule has 3 heterocycles. The normalized spacial score (nSPS) is 18.9. The molecule has 2 N–H and O–H groups in total. The maximum absolute atomic E-state index is 13.0. The minimum atomic E-state index is -4.57. The van der Waals surface area contributed by atoms with Crippen molar-refractivity contribution >= 4 is 33.0 Å². The molecular formula is C22H28F3N7O2S2. The fraction of sp³-hybridized carbons (Fsp3) is 0.500. The summed E-state index contributed by atoms with van der Waals surface area (Å²) >= 11 is 0.918. The van der Waals surface area contributed by atoms with E-state index in [0.717, 1.165) is 46.6 Å². The number of halogens is 3. The smallest absolute Gasteiger partial charge is 0.367 e. The highest BCUT2D eigenvalue weighted by molar-refractivity contribution is 7.91. The molecule has 0 aliphatic heterocycles. The Labute approximate surface area is 211 Å². The lowest BCUT2D eigenvalue weighted by molar-refractivity contribution is -0.141. The molecule has 1 aliphatic carbocycles. The summed E-state index contributed by atoms with van der Waals surface area (Å²) in [5.74, 6) is 2.22. The topological polar surface area (TPSA) is 105 Å². The van der Waals surface area contributed by atoms with Crippen LogP contribution in [0, 0.1) is 6.92 Å². The van der Waals surface area contributed by atoms with E-state index in [2.05, 4.69) is 25.1 Å². The number of thiophene rings is 1. The predicted octanol–water partition coefficient (Wildman–Crippen LogP) is 4.03. The molecule has 1 saturated carbocycles. The second-order valence-electron chi connectivity index (χ2n) is 9.02. The molecule has 1 fully saturated rings. The number of nitrogens with zero attached hydrogens (tertiary/aromatic N) is 5. The van der Waals surface area contributed by atoms with Crippen molar-refractivity contribution in [1.82, 2.24) is 24.5 Å². The Bertz CT molecular complexity index is 1330. The van der Waals surface area contributed by atoms with Crippen LogP contribution in [0.5, 0.6) is 0 Å². The summed E-state index contributed by atoms with van der Waals surface area (Å²) in [5, 5.41) is 6.93. The van der Waals surface area contributed by atoms with Crippen LogP contribution in [0.4, 0.5) is 24.8 Å². The van der Waals surface area contributed by atoms with Crippen LogP contribution in [0.2, 0.25) is 0 Å². The number of aromatic nitrogens is 4. The Hall–Kier alpha value is -2.71. The second kappa shape index (κ2) is 9.98. The lowest BCUT2D eigenvalue weighted by Gasteiger charge is -2.30. The zero-order valence-corrected chi connectivity index (χ0v) is 21.9. The van der Waals surface area contributed by atoms with Crippen LogP contribution in [0.15, 0.2) is 28.5 Å². The number of hydrogen-bond acceptors (Lipinski definition) is 8. The van der Waals surface area contributed by atoms with Crippen molar-refractivity contribution in [1.29, 1.82) is 0 Å². The highest BCUT2D eigenvalue weighted by Crippen LogP contribution is 2.35. The number of nitrogens with one attached hydrogen (secondary N) is 2. The van der Waals surface area contributed by atoms with E-state index in [4.69, 9.17) is 0 Å². The summed E-state index contributed by atoms with van der Waals surface area (Å²) < 4.78 is 68.8. The van der Waals surface area contributed by atoms with Crippen LogP contribution < -0.4 is 14.9 Å². The minimum absolute atomic E-state index is 0.0557. The van der Waals surface area contributed by atoms with Gasteiger partial charge in [-0.1, -0.05) is 0 Å². The third-order valence-corrected chi connectivity index (χ3v) is 9.07. The average molecular weight is 544 g/mol. The largest absolute Gasteiger partial charge is 0.435 e. The first kappa shape index (κ1) is 26.4. The molecule has 0 radical (unpaired) electrons. The fourth-order valence-corrected chi connectivity index (χ4v) is 6.81. The van der Waals surface area contributed by atoms with Gasteiger partial charge in [0.25, 0.3) is 0 Å². The van der Waals surface area contributed by atoms with Gasteiger partial charge >= 0.3 is 6.18 Å². The van der Waals surface area contributed by atoms with Crippen molar-refractivity contribution in [2.75, 3.05) is 24.3 Å². The molecule has 9 nitrogen and oxygen atoms in total. The maximum Gasteiger partial charge on any atom is 0.435 e. The van der Waals surface area contributed by atoms with Gasteiger partial charge in [-0.15, -0.1) is 11.3 Å². The summed E-state index contributed by atoms with van der Waals surface area (Å²) in [4.78, 5) is 11.1. The van der Waals surface area contributed by atoms with Gasteiger partial charge in [0.05, 0.1) is 10.6 Å². The number of rotatable bonds is 7. The van der Waals surface area contributed by atoms with E-state index in [0.29, 0.717) is 23.5 Å². The maximum atomic E-state index is 13.0. The van der Waals surface area contributed by atoms with E-state index >= 15 is 0 Å². The minimum Gasteiger partial charge on any atom is -0.367 e. The molecular weight excluding hydrogens is 515 g/mol. The summed E-state index contributed by atoms with van der Waals surface area (Å²) in [6.07, 6.45) is -1.75. The standard InChI is InChI=1S/C22H28F3N7O2S2/c1-13-26-19(12-20(27-13)31(2)3)28-14-5-7-15(8-6-14)30-36(33,34)21-10-9-17(35-21)16-11-18(22(23,24)25)29-32(16)4/h9-12,14-15,30H,5-8H2,1-4H3,(H,26,27,28). The van der Waals surface area contributed by atoms with Crippen molar-refractivity contribution in [2.45, 2.75) is 55.1 Å². The van der Waals surface area contributed by atoms with Gasteiger partial charge in [0.1, 0.15) is 21.7 Å². The summed E-state index contributed by atoms with van der Waals surface area (Å²) in [7, 11) is 1.41. The van der Waals surface area contributed by atoms with Gasteiger partial charge in [-0.2, -0.15) is 18.3 Å². The number of hydrogen-bond donors (Lipinski definition) is 2. The zero-order valence-electron chi connectivity index (χ0n) is 20.3. The second-order valence-corrected chi connectivity index (χ2v) is 12.0. The Balaban J connectivity index is 1.37. The molecule has 3 aromatic rings. The first-order valence-electron chi connectivity index (χ1n) is 11.3. The molecule has 4 rings (SSSR count). The Morgan fingerprint density at radius 1 is 1.08 bits per heavy atom. The van der Waals surface area contributed by atoms with Crippen molar-refractivity contribution in [3.63, 3.8) is 0 Å². The van der Waals surface area contributed by atoms with Crippen molar-refractivity contribution in [3.05, 3.63) is 35.8 Å². The van der Waals surface area contributed by atoms with Gasteiger partial charge in [0, 0.05) is 39.3 Å². The summed E-state index contributed by atoms with van der Waals surface area (Å²) in [6.45, 7) is 1.84. The van der Waals surface area contributed by atoms with Gasteiger partial charge in [-0.05, 0) is 50.8 Å². The van der Waals surface area contributed by atoms with Crippen LogP contribution in [-0.4, -0.2) is 54.3 Å². The third-order valence-electron chi connectivity index (χ3n) is 5.95. The van der Waals surface area contributed by atoms with Crippen molar-refractivity contribution in [3.8, 4) is 10.6 Å². The predicted molar refractivity (Wildman–Crippen MR) is 133 cm³/mol. The van der Waals surface area contributed by atoms with E-state index in [1.807, 2.05) is 32.0 Å². The van der Waals surface area contributed by atoms with Crippen LogP contribution in [-0.2, 0) is 23.2 Å². The molecule has 0 unspecified atom stereocenters. The molecule has 0 spiro atoms. The van der Waals surface area contributed by atoms with Crippen LogP contribution in [0.25, 0.3) is 10.6 Å². The van der Waals surface area contributed by atoms with Crippen LogP contribution in [0.3, 0.4) is 0 Å². The number of anilines is 2. The highest BCUT2D eigenvalue weighted by Gasteiger charge is 2.35. The molecule has 36 heavy (non-hydrogen) atoms. The lowest BCUT2D eigenvalue weighted by atomic mass is 9.92. The monoisotopic (exact) mass is 543 g/mol. The van der Waals surface area contributed by atoms with Gasteiger partial charge in [-0.3, -0.25) is 4.68 Å². The number of sulfonamides is 1. The highest BCUT2D eigenvalue weighted by atomic mass is 32.2. The van der Waals surface area contributed by atoms with Gasteiger partial charge < -0.3 is 10.2 Å². The molecule has 0 saturated heterocycles. The van der Waals surface area contributed by atoms with Gasteiger partial charge in [0.2, 0.25) is 10.0 Å². The number of aryl methyl sites for hydroxylation is 2. The van der Waals surface area contributed by atoms with E-state index in [1.165, 1.54) is 19.2 Å². The molecule has 0 aromatic carbocycles. The van der Waals surface area contributed by atoms with Crippen LogP contribution in [0.1, 0.15) is 37.2 Å². The SMILES string of the molecule is Cc1nc(NC2CCC(NS(=O)(=O)c3ccc(-c4cc(C(F)(F)F)nn4C)s3)CC2)cc(N(C)C)n1. The Kier molecular flexibility index (Phi) is 7.30. The molecule has 14 heteroatoms. The molecule has 0 amide bonds. The first-order valence-corrected chi connectivity index (χ1v) is 13.6. The van der Waals surface area contributed by atoms with Crippen molar-refractivity contribution in [2.24, 2.45) is 7.05 Å². The molecule has 0 bridgehead atoms. The van der Waals surface area contributed by atoms with Gasteiger partial charge in [0.15, 0.2) is 5.69 Å². The van der Waals surface area contributed by atoms with E-state index in [9.17, 15) is 21.6 Å². The lowest BCUT2D eigenvalue weighted by Crippen LogP contribution is -2.40. The Morgan fingerprint density at radius 2 is 1.75 bits per heavy atom. The van der Waals surface area contributed by atoms with E-state index in [-0.39, 0.29) is 22.0 Å². The summed E-state index contributed by atoms with van der Waals surface area (Å²) in [6, 6.07) is 5.66. The average Bonchev–Trinajstić information content (AvgIpc) is 3.41. The third kappa shape index (κ3) is 5.98. The van der Waals surface area contributed by atoms with Gasteiger partial charge in [-0.25, -0.2) is 23.1 Å². The van der Waals surface area contributed by atoms with Crippen LogP contribution >= 0.6 is 11.3 Å². The number of alkyl halides is 3. The molecule has 3 aromatic heterocycles. The van der Waals surface area contributed by atoms with Crippen molar-refractivity contribution < 1.29 is 21.6 Å². The fourth-order valence-electron chi connectivity index (χ4n) is 4.14. The summed E-state index contributed by atoms with van der Waals surface area (Å²) in [5.41, 5.74) is -0.811.